The van der Waals surface area contributed by atoms with Crippen LogP contribution in [0.3, 0.4) is 0 Å². The molecule has 3 atom stereocenters. The number of nitrogens with zero attached hydrogens (tertiary/aromatic N) is 2. The molecule has 0 aromatic carbocycles. The Labute approximate surface area is 124 Å². The van der Waals surface area contributed by atoms with Crippen LogP contribution in [0, 0.1) is 5.92 Å². The van der Waals surface area contributed by atoms with Gasteiger partial charge in [0.2, 0.25) is 0 Å². The van der Waals surface area contributed by atoms with E-state index in [1.165, 1.54) is 38.9 Å². The van der Waals surface area contributed by atoms with Gasteiger partial charge in [-0.1, -0.05) is 13.3 Å². The van der Waals surface area contributed by atoms with Crippen molar-refractivity contribution < 1.29 is 4.74 Å². The molecule has 0 aliphatic carbocycles. The Bertz CT molecular complexity index is 297. The van der Waals surface area contributed by atoms with Gasteiger partial charge < -0.3 is 15.4 Å². The van der Waals surface area contributed by atoms with Gasteiger partial charge in [-0.3, -0.25) is 4.90 Å². The van der Waals surface area contributed by atoms with Crippen molar-refractivity contribution in [3.63, 3.8) is 0 Å². The fourth-order valence-corrected chi connectivity index (χ4v) is 3.95. The molecular formula is C16H33N3O. The minimum Gasteiger partial charge on any atom is -0.378 e. The van der Waals surface area contributed by atoms with Crippen molar-refractivity contribution in [2.45, 2.75) is 50.7 Å². The number of likely N-dealkylation sites (tertiary alicyclic amines) is 1. The van der Waals surface area contributed by atoms with E-state index < -0.39 is 0 Å². The lowest BCUT2D eigenvalue weighted by Gasteiger charge is -2.47. The summed E-state index contributed by atoms with van der Waals surface area (Å²) in [6, 6.07) is 0. The second-order valence-electron chi connectivity index (χ2n) is 6.96. The molecule has 2 N–H and O–H groups in total. The highest BCUT2D eigenvalue weighted by atomic mass is 16.5. The summed E-state index contributed by atoms with van der Waals surface area (Å²) in [5.74, 6) is 0.806. The Morgan fingerprint density at radius 3 is 2.85 bits per heavy atom. The maximum atomic E-state index is 6.19. The van der Waals surface area contributed by atoms with Gasteiger partial charge in [0.05, 0.1) is 6.10 Å². The fraction of sp³-hybridized carbons (Fsp3) is 1.00. The lowest BCUT2D eigenvalue weighted by atomic mass is 9.83. The zero-order valence-electron chi connectivity index (χ0n) is 13.6. The molecule has 2 aliphatic rings. The van der Waals surface area contributed by atoms with Gasteiger partial charge in [-0.2, -0.15) is 0 Å². The molecule has 2 heterocycles. The molecule has 4 nitrogen and oxygen atoms in total. The average Bonchev–Trinajstić information content (AvgIpc) is 2.84. The van der Waals surface area contributed by atoms with Crippen LogP contribution < -0.4 is 5.73 Å². The summed E-state index contributed by atoms with van der Waals surface area (Å²) in [6.07, 6.45) is 6.30. The van der Waals surface area contributed by atoms with Crippen molar-refractivity contribution in [3.8, 4) is 0 Å². The SMILES string of the molecule is CCCC1CC(CN)(N(C)CC2CCN(C)C2)CCO1. The maximum absolute atomic E-state index is 6.19. The second kappa shape index (κ2) is 7.21. The summed E-state index contributed by atoms with van der Waals surface area (Å²) in [7, 11) is 4.50. The largest absolute Gasteiger partial charge is 0.378 e. The summed E-state index contributed by atoms with van der Waals surface area (Å²) in [6.45, 7) is 7.53. The molecule has 2 saturated heterocycles. The molecule has 118 valence electrons. The van der Waals surface area contributed by atoms with Crippen LogP contribution in [0.1, 0.15) is 39.0 Å². The first kappa shape index (κ1) is 16.2. The fourth-order valence-electron chi connectivity index (χ4n) is 3.95. The summed E-state index contributed by atoms with van der Waals surface area (Å²) in [5, 5.41) is 0. The molecule has 2 aliphatic heterocycles. The zero-order valence-corrected chi connectivity index (χ0v) is 13.6. The number of likely N-dealkylation sites (N-methyl/N-ethyl adjacent to an activating group) is 1. The molecular weight excluding hydrogens is 250 g/mol. The van der Waals surface area contributed by atoms with Crippen LogP contribution in [0.2, 0.25) is 0 Å². The first-order valence-corrected chi connectivity index (χ1v) is 8.31. The Morgan fingerprint density at radius 1 is 1.45 bits per heavy atom. The maximum Gasteiger partial charge on any atom is 0.0593 e. The Kier molecular flexibility index (Phi) is 5.84. The number of rotatable bonds is 6. The molecule has 0 radical (unpaired) electrons. The minimum atomic E-state index is 0.166. The van der Waals surface area contributed by atoms with Gasteiger partial charge >= 0.3 is 0 Å². The molecule has 2 fully saturated rings. The molecule has 0 aromatic rings. The summed E-state index contributed by atoms with van der Waals surface area (Å²) in [5.41, 5.74) is 6.36. The molecule has 3 unspecified atom stereocenters. The monoisotopic (exact) mass is 283 g/mol. The van der Waals surface area contributed by atoms with Crippen LogP contribution in [0.4, 0.5) is 0 Å². The van der Waals surface area contributed by atoms with Gasteiger partial charge in [-0.15, -0.1) is 0 Å². The van der Waals surface area contributed by atoms with Crippen LogP contribution in [-0.2, 0) is 4.74 Å². The number of hydrogen-bond donors (Lipinski definition) is 1. The third-order valence-electron chi connectivity index (χ3n) is 5.35. The zero-order chi connectivity index (χ0) is 14.6. The molecule has 2 rings (SSSR count). The van der Waals surface area contributed by atoms with Gasteiger partial charge in [-0.25, -0.2) is 0 Å². The van der Waals surface area contributed by atoms with Crippen LogP contribution in [0.25, 0.3) is 0 Å². The normalized spacial score (nSPS) is 35.9. The Hall–Kier alpha value is -0.160. The van der Waals surface area contributed by atoms with Crippen molar-refractivity contribution in [2.75, 3.05) is 46.9 Å². The quantitative estimate of drug-likeness (QED) is 0.803. The smallest absolute Gasteiger partial charge is 0.0593 e. The molecule has 0 amide bonds. The minimum absolute atomic E-state index is 0.166. The van der Waals surface area contributed by atoms with E-state index >= 15 is 0 Å². The standard InChI is InChI=1S/C16H33N3O/c1-4-5-15-10-16(13-17,7-9-20-15)19(3)12-14-6-8-18(2)11-14/h14-15H,4-13,17H2,1-3H3. The van der Waals surface area contributed by atoms with Crippen molar-refractivity contribution in [1.82, 2.24) is 9.80 Å². The molecule has 0 aromatic heterocycles. The van der Waals surface area contributed by atoms with Crippen LogP contribution >= 0.6 is 0 Å². The molecule has 4 heteroatoms. The average molecular weight is 283 g/mol. The number of ether oxygens (including phenoxy) is 1. The molecule has 0 spiro atoms. The van der Waals surface area contributed by atoms with Crippen LogP contribution in [-0.4, -0.2) is 68.3 Å². The highest BCUT2D eigenvalue weighted by Crippen LogP contribution is 2.32. The third-order valence-corrected chi connectivity index (χ3v) is 5.35. The molecule has 0 bridgehead atoms. The molecule has 20 heavy (non-hydrogen) atoms. The summed E-state index contributed by atoms with van der Waals surface area (Å²) in [4.78, 5) is 5.00. The van der Waals surface area contributed by atoms with Crippen molar-refractivity contribution in [3.05, 3.63) is 0 Å². The van der Waals surface area contributed by atoms with Crippen molar-refractivity contribution >= 4 is 0 Å². The van der Waals surface area contributed by atoms with E-state index in [4.69, 9.17) is 10.5 Å². The topological polar surface area (TPSA) is 41.7 Å². The first-order chi connectivity index (χ1) is 9.59. The van der Waals surface area contributed by atoms with Gasteiger partial charge in [0.1, 0.15) is 0 Å². The van der Waals surface area contributed by atoms with Crippen LogP contribution in [0.5, 0.6) is 0 Å². The molecule has 0 saturated carbocycles. The van der Waals surface area contributed by atoms with Gasteiger partial charge in [0.25, 0.3) is 0 Å². The van der Waals surface area contributed by atoms with E-state index in [1.54, 1.807) is 0 Å². The lowest BCUT2D eigenvalue weighted by molar-refractivity contribution is -0.0696. The summed E-state index contributed by atoms with van der Waals surface area (Å²) >= 11 is 0. The van der Waals surface area contributed by atoms with Crippen molar-refractivity contribution in [2.24, 2.45) is 11.7 Å². The predicted molar refractivity (Wildman–Crippen MR) is 83.9 cm³/mol. The van der Waals surface area contributed by atoms with E-state index in [0.717, 1.165) is 31.9 Å². The first-order valence-electron chi connectivity index (χ1n) is 8.31. The van der Waals surface area contributed by atoms with E-state index in [2.05, 4.69) is 30.8 Å². The highest BCUT2D eigenvalue weighted by Gasteiger charge is 2.40. The van der Waals surface area contributed by atoms with Gasteiger partial charge in [-0.05, 0) is 52.2 Å². The number of hydrogen-bond acceptors (Lipinski definition) is 4. The lowest BCUT2D eigenvalue weighted by Crippen LogP contribution is -2.58. The van der Waals surface area contributed by atoms with E-state index in [9.17, 15) is 0 Å². The van der Waals surface area contributed by atoms with Gasteiger partial charge in [0, 0.05) is 31.8 Å². The predicted octanol–water partition coefficient (Wildman–Crippen LogP) is 1.55. The Balaban J connectivity index is 1.94. The number of nitrogens with two attached hydrogens (primary N) is 1. The summed E-state index contributed by atoms with van der Waals surface area (Å²) < 4.78 is 5.92. The Morgan fingerprint density at radius 2 is 2.25 bits per heavy atom. The van der Waals surface area contributed by atoms with Crippen LogP contribution in [0.15, 0.2) is 0 Å². The van der Waals surface area contributed by atoms with Crippen molar-refractivity contribution in [1.29, 1.82) is 0 Å². The highest BCUT2D eigenvalue weighted by molar-refractivity contribution is 4.96. The third kappa shape index (κ3) is 3.73. The van der Waals surface area contributed by atoms with E-state index in [0.29, 0.717) is 6.10 Å². The second-order valence-corrected chi connectivity index (χ2v) is 6.96. The van der Waals surface area contributed by atoms with E-state index in [1.807, 2.05) is 0 Å². The van der Waals surface area contributed by atoms with Gasteiger partial charge in [0.15, 0.2) is 0 Å². The van der Waals surface area contributed by atoms with E-state index in [-0.39, 0.29) is 5.54 Å².